The van der Waals surface area contributed by atoms with E-state index in [-0.39, 0.29) is 0 Å². The Morgan fingerprint density at radius 1 is 1.17 bits per heavy atom. The molecule has 1 aliphatic rings. The van der Waals surface area contributed by atoms with Gasteiger partial charge in [0.05, 0.1) is 18.8 Å². The van der Waals surface area contributed by atoms with Crippen LogP contribution in [-0.2, 0) is 13.1 Å². The molecule has 8 nitrogen and oxygen atoms in total. The topological polar surface area (TPSA) is 77.5 Å². The monoisotopic (exact) mass is 310 g/mol. The van der Waals surface area contributed by atoms with Crippen LogP contribution in [0.15, 0.2) is 43.0 Å². The summed E-state index contributed by atoms with van der Waals surface area (Å²) in [5.74, 6) is 0.863. The van der Waals surface area contributed by atoms with Gasteiger partial charge in [-0.15, -0.1) is 5.10 Å². The normalized spacial score (nSPS) is 18.5. The van der Waals surface area contributed by atoms with Gasteiger partial charge in [-0.1, -0.05) is 18.2 Å². The van der Waals surface area contributed by atoms with Gasteiger partial charge in [0.25, 0.3) is 0 Å². The Kier molecular flexibility index (Phi) is 3.81. The minimum Gasteiger partial charge on any atom is -0.291 e. The van der Waals surface area contributed by atoms with E-state index in [1.807, 2.05) is 39.7 Å². The molecule has 1 aromatic carbocycles. The van der Waals surface area contributed by atoms with Crippen molar-refractivity contribution in [3.63, 3.8) is 0 Å². The summed E-state index contributed by atoms with van der Waals surface area (Å²) in [6.45, 7) is 2.65. The van der Waals surface area contributed by atoms with Crippen molar-refractivity contribution in [2.45, 2.75) is 32.0 Å². The van der Waals surface area contributed by atoms with E-state index in [1.54, 1.807) is 12.7 Å². The Hall–Kier alpha value is -2.61. The van der Waals surface area contributed by atoms with Crippen LogP contribution in [0.1, 0.15) is 18.7 Å². The molecule has 0 radical (unpaired) electrons. The number of para-hydroxylation sites is 1. The van der Waals surface area contributed by atoms with Gasteiger partial charge in [0.1, 0.15) is 12.7 Å². The van der Waals surface area contributed by atoms with E-state index in [0.717, 1.165) is 37.6 Å². The summed E-state index contributed by atoms with van der Waals surface area (Å²) < 4.78 is 3.70. The van der Waals surface area contributed by atoms with Crippen LogP contribution in [0.2, 0.25) is 0 Å². The summed E-state index contributed by atoms with van der Waals surface area (Å²) in [4.78, 5) is 6.44. The lowest BCUT2D eigenvalue weighted by Gasteiger charge is -2.23. The molecular weight excluding hydrogens is 292 g/mol. The molecule has 0 saturated carbocycles. The van der Waals surface area contributed by atoms with Crippen LogP contribution in [0.4, 0.5) is 0 Å². The Bertz CT molecular complexity index is 736. The number of hydrogen-bond donors (Lipinski definition) is 0. The Balaban J connectivity index is 1.51. The number of nitrogens with zero attached hydrogens (tertiary/aromatic N) is 8. The number of benzene rings is 1. The van der Waals surface area contributed by atoms with Crippen LogP contribution < -0.4 is 0 Å². The summed E-state index contributed by atoms with van der Waals surface area (Å²) in [5, 5.41) is 16.4. The molecule has 1 saturated heterocycles. The summed E-state index contributed by atoms with van der Waals surface area (Å²) in [5.41, 5.74) is 0.986. The van der Waals surface area contributed by atoms with Gasteiger partial charge in [0, 0.05) is 6.04 Å². The molecule has 1 aliphatic heterocycles. The zero-order valence-corrected chi connectivity index (χ0v) is 12.7. The van der Waals surface area contributed by atoms with Crippen molar-refractivity contribution >= 4 is 0 Å². The van der Waals surface area contributed by atoms with E-state index in [2.05, 4.69) is 30.5 Å². The van der Waals surface area contributed by atoms with E-state index in [1.165, 1.54) is 6.42 Å². The largest absolute Gasteiger partial charge is 0.291 e. The maximum Gasteiger partial charge on any atom is 0.170 e. The lowest BCUT2D eigenvalue weighted by atomic mass is 10.2. The predicted molar refractivity (Wildman–Crippen MR) is 82.6 cm³/mol. The van der Waals surface area contributed by atoms with Gasteiger partial charge in [-0.05, 0) is 41.9 Å². The maximum absolute atomic E-state index is 4.21. The molecule has 4 rings (SSSR count). The fraction of sp³-hybridized carbons (Fsp3) is 0.400. The molecule has 8 heteroatoms. The number of rotatable bonds is 5. The molecule has 0 bridgehead atoms. The van der Waals surface area contributed by atoms with Crippen molar-refractivity contribution in [1.82, 2.24) is 39.9 Å². The van der Waals surface area contributed by atoms with Crippen LogP contribution in [0, 0.1) is 0 Å². The highest BCUT2D eigenvalue weighted by Gasteiger charge is 2.27. The minimum absolute atomic E-state index is 0.442. The van der Waals surface area contributed by atoms with E-state index >= 15 is 0 Å². The molecule has 1 atom stereocenters. The van der Waals surface area contributed by atoms with Crippen LogP contribution in [0.25, 0.3) is 5.69 Å². The molecule has 0 spiro atoms. The Labute approximate surface area is 133 Å². The van der Waals surface area contributed by atoms with Gasteiger partial charge in [-0.25, -0.2) is 4.98 Å². The summed E-state index contributed by atoms with van der Waals surface area (Å²) >= 11 is 0. The second-order valence-electron chi connectivity index (χ2n) is 5.73. The third-order valence-corrected chi connectivity index (χ3v) is 4.24. The fourth-order valence-corrected chi connectivity index (χ4v) is 3.11. The molecular formula is C15H18N8. The predicted octanol–water partition coefficient (Wildman–Crippen LogP) is 0.918. The summed E-state index contributed by atoms with van der Waals surface area (Å²) in [6.07, 6.45) is 5.69. The van der Waals surface area contributed by atoms with Crippen molar-refractivity contribution in [1.29, 1.82) is 0 Å². The Morgan fingerprint density at radius 2 is 2.09 bits per heavy atom. The summed E-state index contributed by atoms with van der Waals surface area (Å²) in [7, 11) is 0. The standard InChI is InChI=1S/C15H18N8/c1-2-5-13(6-3-1)23-15(18-19-20-23)10-21-8-4-7-14(21)9-22-12-16-11-17-22/h1-3,5-6,11-12,14H,4,7-10H2/t14-/m0/s1. The molecule has 1 fully saturated rings. The van der Waals surface area contributed by atoms with Gasteiger partial charge >= 0.3 is 0 Å². The number of aromatic nitrogens is 7. The second kappa shape index (κ2) is 6.25. The van der Waals surface area contributed by atoms with Gasteiger partial charge in [-0.2, -0.15) is 9.78 Å². The number of likely N-dealkylation sites (tertiary alicyclic amines) is 1. The first-order valence-electron chi connectivity index (χ1n) is 7.79. The highest BCUT2D eigenvalue weighted by Crippen LogP contribution is 2.21. The van der Waals surface area contributed by atoms with Gasteiger partial charge in [0.15, 0.2) is 5.82 Å². The van der Waals surface area contributed by atoms with E-state index < -0.39 is 0 Å². The van der Waals surface area contributed by atoms with Crippen LogP contribution >= 0.6 is 0 Å². The van der Waals surface area contributed by atoms with Gasteiger partial charge in [0.2, 0.25) is 0 Å². The van der Waals surface area contributed by atoms with Crippen LogP contribution in [-0.4, -0.2) is 52.5 Å². The first-order chi connectivity index (χ1) is 11.4. The third-order valence-electron chi connectivity index (χ3n) is 4.24. The molecule has 0 unspecified atom stereocenters. The third kappa shape index (κ3) is 2.98. The van der Waals surface area contributed by atoms with Crippen molar-refractivity contribution in [3.8, 4) is 5.69 Å². The first-order valence-corrected chi connectivity index (χ1v) is 7.79. The zero-order valence-electron chi connectivity index (χ0n) is 12.7. The van der Waals surface area contributed by atoms with E-state index in [9.17, 15) is 0 Å². The van der Waals surface area contributed by atoms with Crippen LogP contribution in [0.5, 0.6) is 0 Å². The molecule has 3 aromatic rings. The van der Waals surface area contributed by atoms with E-state index in [4.69, 9.17) is 0 Å². The lowest BCUT2D eigenvalue weighted by molar-refractivity contribution is 0.212. The smallest absolute Gasteiger partial charge is 0.170 e. The average Bonchev–Trinajstić information content (AvgIpc) is 3.32. The van der Waals surface area contributed by atoms with Gasteiger partial charge in [-0.3, -0.25) is 9.58 Å². The SMILES string of the molecule is c1ccc(-n2nnnc2CN2CCC[C@H]2Cn2cncn2)cc1. The highest BCUT2D eigenvalue weighted by molar-refractivity contribution is 5.30. The lowest BCUT2D eigenvalue weighted by Crippen LogP contribution is -2.33. The first kappa shape index (κ1) is 14.0. The van der Waals surface area contributed by atoms with Crippen molar-refractivity contribution in [2.75, 3.05) is 6.54 Å². The molecule has 23 heavy (non-hydrogen) atoms. The summed E-state index contributed by atoms with van der Waals surface area (Å²) in [6, 6.07) is 10.4. The number of tetrazole rings is 1. The Morgan fingerprint density at radius 3 is 2.91 bits per heavy atom. The molecule has 3 heterocycles. The molecule has 118 valence electrons. The second-order valence-corrected chi connectivity index (χ2v) is 5.73. The van der Waals surface area contributed by atoms with Crippen molar-refractivity contribution in [3.05, 3.63) is 48.8 Å². The minimum atomic E-state index is 0.442. The highest BCUT2D eigenvalue weighted by atomic mass is 15.5. The quantitative estimate of drug-likeness (QED) is 0.697. The molecule has 0 N–H and O–H groups in total. The van der Waals surface area contributed by atoms with Crippen molar-refractivity contribution < 1.29 is 0 Å². The maximum atomic E-state index is 4.21. The molecule has 0 amide bonds. The average molecular weight is 310 g/mol. The van der Waals surface area contributed by atoms with Gasteiger partial charge < -0.3 is 0 Å². The fourth-order valence-electron chi connectivity index (χ4n) is 3.11. The number of hydrogen-bond acceptors (Lipinski definition) is 6. The molecule has 0 aliphatic carbocycles. The van der Waals surface area contributed by atoms with Crippen molar-refractivity contribution in [2.24, 2.45) is 0 Å². The zero-order chi connectivity index (χ0) is 15.5. The van der Waals surface area contributed by atoms with E-state index in [0.29, 0.717) is 6.04 Å². The van der Waals surface area contributed by atoms with Crippen LogP contribution in [0.3, 0.4) is 0 Å². The molecule has 2 aromatic heterocycles.